The number of ether oxygens (including phenoxy) is 1. The van der Waals surface area contributed by atoms with Crippen LogP contribution in [0.2, 0.25) is 0 Å². The van der Waals surface area contributed by atoms with Gasteiger partial charge in [0.05, 0.1) is 5.69 Å². The zero-order chi connectivity index (χ0) is 13.9. The van der Waals surface area contributed by atoms with E-state index in [4.69, 9.17) is 10.5 Å². The van der Waals surface area contributed by atoms with E-state index in [2.05, 4.69) is 22.3 Å². The Morgan fingerprint density at radius 1 is 1.55 bits per heavy atom. The summed E-state index contributed by atoms with van der Waals surface area (Å²) >= 11 is 0. The number of guanidine groups is 1. The molecule has 20 heavy (non-hydrogen) atoms. The molecule has 1 aromatic rings. The maximum absolute atomic E-state index is 5.89. The molecular weight excluding hydrogens is 254 g/mol. The van der Waals surface area contributed by atoms with Gasteiger partial charge in [0.2, 0.25) is 0 Å². The van der Waals surface area contributed by atoms with Crippen LogP contribution < -0.4 is 11.1 Å². The Hall–Kier alpha value is -1.56. The van der Waals surface area contributed by atoms with Gasteiger partial charge in [-0.15, -0.1) is 0 Å². The van der Waals surface area contributed by atoms with Gasteiger partial charge in [-0.1, -0.05) is 0 Å². The first-order valence-electron chi connectivity index (χ1n) is 7.47. The molecule has 0 spiro atoms. The molecular formula is C14H23N5O. The van der Waals surface area contributed by atoms with Crippen LogP contribution in [0.4, 0.5) is 0 Å². The molecule has 1 saturated carbocycles. The van der Waals surface area contributed by atoms with Crippen molar-refractivity contribution in [3.05, 3.63) is 18.0 Å². The fourth-order valence-corrected chi connectivity index (χ4v) is 2.69. The first-order valence-corrected chi connectivity index (χ1v) is 7.47. The Balaban J connectivity index is 1.63. The molecule has 1 aliphatic carbocycles. The molecule has 6 heteroatoms. The highest BCUT2D eigenvalue weighted by Gasteiger charge is 2.31. The largest absolute Gasteiger partial charge is 0.372 e. The molecule has 0 aromatic carbocycles. The highest BCUT2D eigenvalue weighted by Crippen LogP contribution is 2.34. The summed E-state index contributed by atoms with van der Waals surface area (Å²) in [6, 6.07) is 2.60. The van der Waals surface area contributed by atoms with E-state index in [-0.39, 0.29) is 6.10 Å². The predicted octanol–water partition coefficient (Wildman–Crippen LogP) is 1.05. The van der Waals surface area contributed by atoms with Crippen LogP contribution in [0.5, 0.6) is 0 Å². The standard InChI is InChI=1S/C14H23N5O/c1-2-19-12(5-7-17-19)13-10(6-8-20-13)9-16-14(15)18-11-3-4-11/h5,7,10-11,13H,2-4,6,8-9H2,1H3,(H3,15,16,18)/t10-,13+/m0/s1. The number of aromatic nitrogens is 2. The third kappa shape index (κ3) is 2.95. The van der Waals surface area contributed by atoms with Gasteiger partial charge in [-0.25, -0.2) is 0 Å². The number of rotatable bonds is 5. The second-order valence-electron chi connectivity index (χ2n) is 5.56. The van der Waals surface area contributed by atoms with Crippen molar-refractivity contribution in [2.75, 3.05) is 13.2 Å². The molecule has 0 radical (unpaired) electrons. The number of hydrogen-bond acceptors (Lipinski definition) is 3. The number of nitrogens with one attached hydrogen (secondary N) is 1. The lowest BCUT2D eigenvalue weighted by atomic mass is 9.99. The summed E-state index contributed by atoms with van der Waals surface area (Å²) in [5.41, 5.74) is 7.05. The highest BCUT2D eigenvalue weighted by atomic mass is 16.5. The third-order valence-corrected chi connectivity index (χ3v) is 3.98. The molecule has 3 N–H and O–H groups in total. The van der Waals surface area contributed by atoms with Gasteiger partial charge in [0, 0.05) is 37.9 Å². The van der Waals surface area contributed by atoms with Crippen LogP contribution in [0.1, 0.15) is 38.0 Å². The van der Waals surface area contributed by atoms with Crippen LogP contribution in [0.25, 0.3) is 0 Å². The average molecular weight is 277 g/mol. The minimum atomic E-state index is 0.0925. The Labute approximate surface area is 119 Å². The van der Waals surface area contributed by atoms with Gasteiger partial charge in [0.1, 0.15) is 6.10 Å². The first kappa shape index (κ1) is 13.4. The Morgan fingerprint density at radius 2 is 2.40 bits per heavy atom. The second-order valence-corrected chi connectivity index (χ2v) is 5.56. The summed E-state index contributed by atoms with van der Waals surface area (Å²) in [6.45, 7) is 4.46. The number of nitrogens with zero attached hydrogens (tertiary/aromatic N) is 3. The first-order chi connectivity index (χ1) is 9.78. The summed E-state index contributed by atoms with van der Waals surface area (Å²) in [5, 5.41) is 7.54. The molecule has 0 bridgehead atoms. The van der Waals surface area contributed by atoms with Crippen LogP contribution in [0, 0.1) is 5.92 Å². The minimum absolute atomic E-state index is 0.0925. The lowest BCUT2D eigenvalue weighted by Crippen LogP contribution is -2.34. The van der Waals surface area contributed by atoms with E-state index in [9.17, 15) is 0 Å². The molecule has 2 fully saturated rings. The van der Waals surface area contributed by atoms with E-state index in [1.165, 1.54) is 12.8 Å². The van der Waals surface area contributed by atoms with Gasteiger partial charge in [0.15, 0.2) is 5.96 Å². The van der Waals surface area contributed by atoms with Crippen LogP contribution >= 0.6 is 0 Å². The minimum Gasteiger partial charge on any atom is -0.372 e. The fourth-order valence-electron chi connectivity index (χ4n) is 2.69. The van der Waals surface area contributed by atoms with Gasteiger partial charge in [0.25, 0.3) is 0 Å². The SMILES string of the molecule is CCn1nccc1[C@@H]1OCC[C@H]1CN=C(N)NC1CC1. The number of hydrogen-bond donors (Lipinski definition) is 2. The topological polar surface area (TPSA) is 77.5 Å². The summed E-state index contributed by atoms with van der Waals surface area (Å²) < 4.78 is 7.89. The van der Waals surface area contributed by atoms with E-state index in [1.807, 2.05) is 16.9 Å². The molecule has 0 amide bonds. The number of aryl methyl sites for hydroxylation is 1. The van der Waals surface area contributed by atoms with Crippen molar-refractivity contribution >= 4 is 5.96 Å². The van der Waals surface area contributed by atoms with Crippen molar-refractivity contribution in [3.8, 4) is 0 Å². The van der Waals surface area contributed by atoms with Gasteiger partial charge >= 0.3 is 0 Å². The van der Waals surface area contributed by atoms with Gasteiger partial charge < -0.3 is 15.8 Å². The molecule has 3 rings (SSSR count). The van der Waals surface area contributed by atoms with Gasteiger partial charge in [-0.2, -0.15) is 5.10 Å². The normalized spacial score (nSPS) is 26.9. The zero-order valence-corrected chi connectivity index (χ0v) is 12.0. The summed E-state index contributed by atoms with van der Waals surface area (Å²) in [4.78, 5) is 4.48. The van der Waals surface area contributed by atoms with Crippen molar-refractivity contribution in [1.29, 1.82) is 0 Å². The Kier molecular flexibility index (Phi) is 3.91. The van der Waals surface area contributed by atoms with Crippen LogP contribution in [0.3, 0.4) is 0 Å². The van der Waals surface area contributed by atoms with Gasteiger partial charge in [-0.3, -0.25) is 9.67 Å². The monoisotopic (exact) mass is 277 g/mol. The van der Waals surface area contributed by atoms with E-state index in [0.717, 1.165) is 25.3 Å². The molecule has 2 aliphatic rings. The van der Waals surface area contributed by atoms with Crippen molar-refractivity contribution in [1.82, 2.24) is 15.1 Å². The summed E-state index contributed by atoms with van der Waals surface area (Å²) in [5.74, 6) is 0.957. The third-order valence-electron chi connectivity index (χ3n) is 3.98. The fraction of sp³-hybridized carbons (Fsp3) is 0.714. The maximum Gasteiger partial charge on any atom is 0.188 e. The Bertz CT molecular complexity index is 480. The molecule has 1 aliphatic heterocycles. The van der Waals surface area contributed by atoms with Crippen molar-refractivity contribution in [3.63, 3.8) is 0 Å². The summed E-state index contributed by atoms with van der Waals surface area (Å²) in [6.07, 6.45) is 5.38. The molecule has 1 aromatic heterocycles. The Morgan fingerprint density at radius 3 is 3.15 bits per heavy atom. The van der Waals surface area contributed by atoms with Gasteiger partial charge in [-0.05, 0) is 32.3 Å². The van der Waals surface area contributed by atoms with E-state index in [1.54, 1.807) is 0 Å². The van der Waals surface area contributed by atoms with Crippen molar-refractivity contribution in [2.45, 2.75) is 44.9 Å². The molecule has 2 heterocycles. The summed E-state index contributed by atoms with van der Waals surface area (Å²) in [7, 11) is 0. The molecule has 2 atom stereocenters. The average Bonchev–Trinajstić information content (AvgIpc) is 2.96. The zero-order valence-electron chi connectivity index (χ0n) is 12.0. The quantitative estimate of drug-likeness (QED) is 0.623. The smallest absolute Gasteiger partial charge is 0.188 e. The molecule has 6 nitrogen and oxygen atoms in total. The highest BCUT2D eigenvalue weighted by molar-refractivity contribution is 5.78. The second kappa shape index (κ2) is 5.83. The van der Waals surface area contributed by atoms with Crippen molar-refractivity contribution < 1.29 is 4.74 Å². The number of nitrogens with two attached hydrogens (primary N) is 1. The predicted molar refractivity (Wildman–Crippen MR) is 77.3 cm³/mol. The van der Waals surface area contributed by atoms with E-state index >= 15 is 0 Å². The lowest BCUT2D eigenvalue weighted by Gasteiger charge is -2.18. The van der Waals surface area contributed by atoms with Crippen LogP contribution in [0.15, 0.2) is 17.3 Å². The van der Waals surface area contributed by atoms with Crippen molar-refractivity contribution in [2.24, 2.45) is 16.6 Å². The lowest BCUT2D eigenvalue weighted by molar-refractivity contribution is 0.0851. The van der Waals surface area contributed by atoms with Crippen LogP contribution in [-0.2, 0) is 11.3 Å². The van der Waals surface area contributed by atoms with E-state index in [0.29, 0.717) is 24.5 Å². The molecule has 0 unspecified atom stereocenters. The van der Waals surface area contributed by atoms with Crippen LogP contribution in [-0.4, -0.2) is 34.9 Å². The number of aliphatic imine (C=N–C) groups is 1. The molecule has 110 valence electrons. The van der Waals surface area contributed by atoms with E-state index < -0.39 is 0 Å². The molecule has 1 saturated heterocycles. The maximum atomic E-state index is 5.89.